The Bertz CT molecular complexity index is 239. The van der Waals surface area contributed by atoms with E-state index in [0.29, 0.717) is 17.9 Å². The Balaban J connectivity index is 2.07. The van der Waals surface area contributed by atoms with Crippen LogP contribution in [-0.4, -0.2) is 11.9 Å². The van der Waals surface area contributed by atoms with Gasteiger partial charge in [-0.2, -0.15) is 0 Å². The van der Waals surface area contributed by atoms with Crippen LogP contribution in [0.15, 0.2) is 0 Å². The highest BCUT2D eigenvalue weighted by Gasteiger charge is 2.41. The van der Waals surface area contributed by atoms with Crippen molar-refractivity contribution in [2.45, 2.75) is 58.4 Å². The Morgan fingerprint density at radius 2 is 2.07 bits per heavy atom. The monoisotopic (exact) mass is 209 g/mol. The molecule has 2 heteroatoms. The van der Waals surface area contributed by atoms with Gasteiger partial charge in [-0.15, -0.1) is 0 Å². The first-order chi connectivity index (χ1) is 7.24. The van der Waals surface area contributed by atoms with Crippen LogP contribution in [0.25, 0.3) is 0 Å². The molecule has 1 aliphatic heterocycles. The minimum absolute atomic E-state index is 0.286. The van der Waals surface area contributed by atoms with Crippen molar-refractivity contribution in [1.82, 2.24) is 5.32 Å². The molecule has 1 saturated carbocycles. The molecule has 2 aliphatic rings. The number of hydrogen-bond donors (Lipinski definition) is 1. The van der Waals surface area contributed by atoms with Gasteiger partial charge in [0.2, 0.25) is 5.91 Å². The van der Waals surface area contributed by atoms with Gasteiger partial charge in [0.15, 0.2) is 0 Å². The maximum Gasteiger partial charge on any atom is 0.223 e. The number of amides is 1. The molecule has 15 heavy (non-hydrogen) atoms. The minimum Gasteiger partial charge on any atom is -0.353 e. The fourth-order valence-corrected chi connectivity index (χ4v) is 3.50. The maximum absolute atomic E-state index is 11.9. The third kappa shape index (κ3) is 2.04. The van der Waals surface area contributed by atoms with E-state index in [2.05, 4.69) is 19.2 Å². The summed E-state index contributed by atoms with van der Waals surface area (Å²) in [4.78, 5) is 11.9. The van der Waals surface area contributed by atoms with Crippen molar-refractivity contribution in [3.05, 3.63) is 0 Å². The number of carbonyl (C=O) groups excluding carboxylic acids is 1. The molecule has 0 radical (unpaired) electrons. The van der Waals surface area contributed by atoms with E-state index in [1.165, 1.54) is 25.7 Å². The fraction of sp³-hybridized carbons (Fsp3) is 0.923. The summed E-state index contributed by atoms with van der Waals surface area (Å²) in [5, 5.41) is 3.24. The first-order valence-corrected chi connectivity index (χ1v) is 6.54. The molecule has 4 unspecified atom stereocenters. The lowest BCUT2D eigenvalue weighted by molar-refractivity contribution is -0.133. The molecule has 1 amide bonds. The van der Waals surface area contributed by atoms with Crippen molar-refractivity contribution in [3.63, 3.8) is 0 Å². The summed E-state index contributed by atoms with van der Waals surface area (Å²) < 4.78 is 0. The van der Waals surface area contributed by atoms with Crippen molar-refractivity contribution in [1.29, 1.82) is 0 Å². The van der Waals surface area contributed by atoms with Gasteiger partial charge in [-0.3, -0.25) is 4.79 Å². The summed E-state index contributed by atoms with van der Waals surface area (Å²) in [5.41, 5.74) is 0. The summed E-state index contributed by atoms with van der Waals surface area (Å²) in [6, 6.07) is 0.495. The van der Waals surface area contributed by atoms with Crippen molar-refractivity contribution >= 4 is 5.91 Å². The average Bonchev–Trinajstić information content (AvgIpc) is 2.24. The van der Waals surface area contributed by atoms with E-state index in [4.69, 9.17) is 0 Å². The molecule has 1 heterocycles. The van der Waals surface area contributed by atoms with Gasteiger partial charge in [0.25, 0.3) is 0 Å². The van der Waals surface area contributed by atoms with Gasteiger partial charge in [0.05, 0.1) is 0 Å². The standard InChI is InChI=1S/C13H23NO/c1-3-6-11-9(2)10-7-4-5-8-12(10)14-13(11)15/h9-12H,3-8H2,1-2H3,(H,14,15). The lowest BCUT2D eigenvalue weighted by atomic mass is 9.68. The van der Waals surface area contributed by atoms with E-state index < -0.39 is 0 Å². The van der Waals surface area contributed by atoms with Gasteiger partial charge < -0.3 is 5.32 Å². The van der Waals surface area contributed by atoms with Crippen molar-refractivity contribution < 1.29 is 4.79 Å². The summed E-state index contributed by atoms with van der Waals surface area (Å²) in [6.07, 6.45) is 7.38. The van der Waals surface area contributed by atoms with Gasteiger partial charge in [-0.1, -0.05) is 33.1 Å². The first kappa shape index (κ1) is 11.0. The van der Waals surface area contributed by atoms with Gasteiger partial charge >= 0.3 is 0 Å². The quantitative estimate of drug-likeness (QED) is 0.744. The van der Waals surface area contributed by atoms with E-state index in [0.717, 1.165) is 18.8 Å². The van der Waals surface area contributed by atoms with E-state index in [9.17, 15) is 4.79 Å². The number of nitrogens with one attached hydrogen (secondary N) is 1. The molecule has 0 aromatic carbocycles. The predicted octanol–water partition coefficient (Wildman–Crippen LogP) is 2.73. The fourth-order valence-electron chi connectivity index (χ4n) is 3.50. The SMILES string of the molecule is CCCC1C(=O)NC2CCCCC2C1C. The number of carbonyl (C=O) groups is 1. The van der Waals surface area contributed by atoms with E-state index in [-0.39, 0.29) is 5.92 Å². The molecule has 86 valence electrons. The normalized spacial score (nSPS) is 40.8. The van der Waals surface area contributed by atoms with Crippen molar-refractivity contribution in [2.75, 3.05) is 0 Å². The lowest BCUT2D eigenvalue weighted by Crippen LogP contribution is -2.54. The molecule has 2 fully saturated rings. The van der Waals surface area contributed by atoms with Crippen LogP contribution in [0.2, 0.25) is 0 Å². The van der Waals surface area contributed by atoms with E-state index >= 15 is 0 Å². The highest BCUT2D eigenvalue weighted by Crippen LogP contribution is 2.39. The zero-order valence-electron chi connectivity index (χ0n) is 9.96. The molecule has 1 N–H and O–H groups in total. The molecule has 4 atom stereocenters. The van der Waals surface area contributed by atoms with Crippen molar-refractivity contribution in [2.24, 2.45) is 17.8 Å². The molecule has 2 nitrogen and oxygen atoms in total. The van der Waals surface area contributed by atoms with E-state index in [1.807, 2.05) is 0 Å². The molecule has 0 bridgehead atoms. The smallest absolute Gasteiger partial charge is 0.223 e. The molecular weight excluding hydrogens is 186 g/mol. The molecule has 0 spiro atoms. The summed E-state index contributed by atoms with van der Waals surface area (Å²) in [7, 11) is 0. The van der Waals surface area contributed by atoms with Gasteiger partial charge in [0.1, 0.15) is 0 Å². The Labute approximate surface area is 92.8 Å². The topological polar surface area (TPSA) is 29.1 Å². The summed E-state index contributed by atoms with van der Waals surface area (Å²) in [5.74, 6) is 1.97. The second-order valence-corrected chi connectivity index (χ2v) is 5.32. The van der Waals surface area contributed by atoms with Crippen LogP contribution < -0.4 is 5.32 Å². The summed E-state index contributed by atoms with van der Waals surface area (Å²) in [6.45, 7) is 4.47. The van der Waals surface area contributed by atoms with Crippen LogP contribution in [0.5, 0.6) is 0 Å². The molecule has 1 saturated heterocycles. The zero-order chi connectivity index (χ0) is 10.8. The van der Waals surface area contributed by atoms with E-state index in [1.54, 1.807) is 0 Å². The molecule has 2 rings (SSSR count). The highest BCUT2D eigenvalue weighted by molar-refractivity contribution is 5.80. The maximum atomic E-state index is 11.9. The second-order valence-electron chi connectivity index (χ2n) is 5.32. The van der Waals surface area contributed by atoms with Crippen LogP contribution in [0.4, 0.5) is 0 Å². The first-order valence-electron chi connectivity index (χ1n) is 6.54. The third-order valence-electron chi connectivity index (χ3n) is 4.39. The lowest BCUT2D eigenvalue weighted by Gasteiger charge is -2.44. The molecule has 0 aromatic heterocycles. The highest BCUT2D eigenvalue weighted by atomic mass is 16.2. The zero-order valence-corrected chi connectivity index (χ0v) is 9.96. The van der Waals surface area contributed by atoms with Gasteiger partial charge in [-0.25, -0.2) is 0 Å². The Hall–Kier alpha value is -0.530. The Morgan fingerprint density at radius 1 is 1.33 bits per heavy atom. The van der Waals surface area contributed by atoms with Crippen LogP contribution in [0.1, 0.15) is 52.4 Å². The number of rotatable bonds is 2. The second kappa shape index (κ2) is 4.54. The van der Waals surface area contributed by atoms with Crippen LogP contribution >= 0.6 is 0 Å². The Morgan fingerprint density at radius 3 is 2.80 bits per heavy atom. The largest absolute Gasteiger partial charge is 0.353 e. The minimum atomic E-state index is 0.286. The van der Waals surface area contributed by atoms with Crippen molar-refractivity contribution in [3.8, 4) is 0 Å². The third-order valence-corrected chi connectivity index (χ3v) is 4.39. The number of piperidine rings is 1. The van der Waals surface area contributed by atoms with Crippen LogP contribution in [0, 0.1) is 17.8 Å². The molecule has 1 aliphatic carbocycles. The molecule has 0 aromatic rings. The molecular formula is C13H23NO. The van der Waals surface area contributed by atoms with Crippen LogP contribution in [-0.2, 0) is 4.79 Å². The predicted molar refractivity (Wildman–Crippen MR) is 61.5 cm³/mol. The number of fused-ring (bicyclic) bond motifs is 1. The van der Waals surface area contributed by atoms with Gasteiger partial charge in [0, 0.05) is 12.0 Å². The average molecular weight is 209 g/mol. The Kier molecular flexibility index (Phi) is 3.32. The van der Waals surface area contributed by atoms with Crippen LogP contribution in [0.3, 0.4) is 0 Å². The van der Waals surface area contributed by atoms with Gasteiger partial charge in [-0.05, 0) is 31.1 Å². The number of hydrogen-bond acceptors (Lipinski definition) is 1. The summed E-state index contributed by atoms with van der Waals surface area (Å²) >= 11 is 0.